The lowest BCUT2D eigenvalue weighted by atomic mass is 10.3. The van der Waals surface area contributed by atoms with Crippen LogP contribution in [0.15, 0.2) is 24.5 Å². The molecule has 0 aliphatic carbocycles. The smallest absolute Gasteiger partial charge is 0.339 e. The molecule has 0 aromatic carbocycles. The lowest BCUT2D eigenvalue weighted by Gasteiger charge is -2.02. The van der Waals surface area contributed by atoms with E-state index in [1.54, 1.807) is 18.3 Å². The Morgan fingerprint density at radius 3 is 3.00 bits per heavy atom. The number of hydrogen-bond donors (Lipinski definition) is 0. The minimum absolute atomic E-state index is 0.0481. The molecule has 1 aromatic heterocycles. The number of hydrogen-bond acceptors (Lipinski definition) is 5. The second kappa shape index (κ2) is 5.69. The molecule has 0 atom stereocenters. The number of ether oxygens (including phenoxy) is 2. The normalized spacial score (nSPS) is 9.14. The molecule has 0 bridgehead atoms. The van der Waals surface area contributed by atoms with Crippen molar-refractivity contribution in [2.75, 3.05) is 13.2 Å². The zero-order valence-electron chi connectivity index (χ0n) is 7.38. The number of aromatic nitrogens is 1. The third-order valence-corrected chi connectivity index (χ3v) is 1.40. The Kier molecular flexibility index (Phi) is 4.13. The van der Waals surface area contributed by atoms with E-state index in [1.165, 1.54) is 6.20 Å². The summed E-state index contributed by atoms with van der Waals surface area (Å²) in [5.74, 6) is -0.479. The summed E-state index contributed by atoms with van der Waals surface area (Å²) in [6.45, 7) is 0.417. The largest absolute Gasteiger partial charge is 0.464 e. The Bertz CT molecular complexity index is 299. The average molecular weight is 195 g/mol. The van der Waals surface area contributed by atoms with Crippen molar-refractivity contribution in [1.82, 2.24) is 4.98 Å². The Morgan fingerprint density at radius 1 is 1.50 bits per heavy atom. The molecule has 0 fully saturated rings. The van der Waals surface area contributed by atoms with Crippen LogP contribution in [-0.2, 0) is 14.3 Å². The first-order valence-electron chi connectivity index (χ1n) is 3.97. The molecule has 0 saturated heterocycles. The van der Waals surface area contributed by atoms with Gasteiger partial charge < -0.3 is 9.47 Å². The van der Waals surface area contributed by atoms with Crippen LogP contribution in [0.2, 0.25) is 0 Å². The summed E-state index contributed by atoms with van der Waals surface area (Å²) in [5, 5.41) is 0. The van der Waals surface area contributed by atoms with Crippen LogP contribution >= 0.6 is 0 Å². The fourth-order valence-corrected chi connectivity index (χ4v) is 0.797. The van der Waals surface area contributed by atoms with Crippen molar-refractivity contribution in [1.29, 1.82) is 0 Å². The van der Waals surface area contributed by atoms with Crippen LogP contribution < -0.4 is 0 Å². The highest BCUT2D eigenvalue weighted by Crippen LogP contribution is 1.98. The lowest BCUT2D eigenvalue weighted by molar-refractivity contribution is -0.129. The molecule has 5 heteroatoms. The van der Waals surface area contributed by atoms with Gasteiger partial charge in [0, 0.05) is 12.4 Å². The highest BCUT2D eigenvalue weighted by Gasteiger charge is 2.05. The lowest BCUT2D eigenvalue weighted by Crippen LogP contribution is -2.10. The van der Waals surface area contributed by atoms with Crippen molar-refractivity contribution >= 4 is 12.4 Å². The second-order valence-electron chi connectivity index (χ2n) is 2.34. The van der Waals surface area contributed by atoms with Crippen molar-refractivity contribution in [2.24, 2.45) is 0 Å². The minimum atomic E-state index is -0.479. The molecule has 0 spiro atoms. The van der Waals surface area contributed by atoms with E-state index in [9.17, 15) is 9.59 Å². The summed E-state index contributed by atoms with van der Waals surface area (Å²) < 4.78 is 9.11. The Hall–Kier alpha value is -1.91. The van der Waals surface area contributed by atoms with Gasteiger partial charge in [0.05, 0.1) is 5.56 Å². The first-order valence-corrected chi connectivity index (χ1v) is 3.97. The van der Waals surface area contributed by atoms with Gasteiger partial charge in [0.1, 0.15) is 13.2 Å². The van der Waals surface area contributed by atoms with E-state index in [4.69, 9.17) is 4.74 Å². The predicted octanol–water partition coefficient (Wildman–Crippen LogP) is 0.411. The van der Waals surface area contributed by atoms with Crippen LogP contribution in [0.25, 0.3) is 0 Å². The van der Waals surface area contributed by atoms with E-state index in [-0.39, 0.29) is 13.2 Å². The summed E-state index contributed by atoms with van der Waals surface area (Å²) in [7, 11) is 0. The van der Waals surface area contributed by atoms with Crippen molar-refractivity contribution < 1.29 is 19.1 Å². The predicted molar refractivity (Wildman–Crippen MR) is 46.5 cm³/mol. The maximum Gasteiger partial charge on any atom is 0.339 e. The zero-order valence-corrected chi connectivity index (χ0v) is 7.38. The molecule has 1 rings (SSSR count). The Labute approximate surface area is 80.7 Å². The van der Waals surface area contributed by atoms with Gasteiger partial charge in [-0.3, -0.25) is 9.78 Å². The summed E-state index contributed by atoms with van der Waals surface area (Å²) in [6.07, 6.45) is 2.97. The molecular weight excluding hydrogens is 186 g/mol. The standard InChI is InChI=1S/C9H9NO4/c11-7-13-4-5-14-9(12)8-2-1-3-10-6-8/h1-3,6-7H,4-5H2. The molecule has 1 aromatic rings. The molecule has 0 N–H and O–H groups in total. The molecule has 0 aliphatic rings. The van der Waals surface area contributed by atoms with Crippen LogP contribution in [0.3, 0.4) is 0 Å². The first-order chi connectivity index (χ1) is 6.84. The number of carbonyl (C=O) groups excluding carboxylic acids is 2. The summed E-state index contributed by atoms with van der Waals surface area (Å²) in [5.41, 5.74) is 0.374. The maximum absolute atomic E-state index is 11.2. The SMILES string of the molecule is O=COCCOC(=O)c1cccnc1. The number of carbonyl (C=O) groups is 2. The van der Waals surface area contributed by atoms with Gasteiger partial charge >= 0.3 is 5.97 Å². The monoisotopic (exact) mass is 195 g/mol. The highest BCUT2D eigenvalue weighted by molar-refractivity contribution is 5.88. The van der Waals surface area contributed by atoms with Crippen molar-refractivity contribution in [3.8, 4) is 0 Å². The molecule has 0 amide bonds. The van der Waals surface area contributed by atoms with Crippen LogP contribution in [0.4, 0.5) is 0 Å². The summed E-state index contributed by atoms with van der Waals surface area (Å²) in [6, 6.07) is 3.23. The number of nitrogens with zero attached hydrogens (tertiary/aromatic N) is 1. The van der Waals surface area contributed by atoms with Gasteiger partial charge in [0.2, 0.25) is 0 Å². The van der Waals surface area contributed by atoms with E-state index >= 15 is 0 Å². The van der Waals surface area contributed by atoms with Gasteiger partial charge in [0.15, 0.2) is 0 Å². The third-order valence-electron chi connectivity index (χ3n) is 1.40. The van der Waals surface area contributed by atoms with Crippen LogP contribution in [0.1, 0.15) is 10.4 Å². The molecule has 0 radical (unpaired) electrons. The van der Waals surface area contributed by atoms with E-state index in [2.05, 4.69) is 9.72 Å². The van der Waals surface area contributed by atoms with Gasteiger partial charge in [-0.15, -0.1) is 0 Å². The molecule has 74 valence electrons. The van der Waals surface area contributed by atoms with Gasteiger partial charge in [-0.05, 0) is 12.1 Å². The van der Waals surface area contributed by atoms with Crippen molar-refractivity contribution in [3.05, 3.63) is 30.1 Å². The van der Waals surface area contributed by atoms with E-state index in [0.717, 1.165) is 0 Å². The highest BCUT2D eigenvalue weighted by atomic mass is 16.6. The van der Waals surface area contributed by atoms with E-state index in [0.29, 0.717) is 12.0 Å². The molecule has 14 heavy (non-hydrogen) atoms. The molecule has 5 nitrogen and oxygen atoms in total. The molecule has 1 heterocycles. The van der Waals surface area contributed by atoms with Crippen molar-refractivity contribution in [3.63, 3.8) is 0 Å². The third kappa shape index (κ3) is 3.22. The van der Waals surface area contributed by atoms with Gasteiger partial charge in [-0.2, -0.15) is 0 Å². The zero-order chi connectivity index (χ0) is 10.2. The van der Waals surface area contributed by atoms with Crippen molar-refractivity contribution in [2.45, 2.75) is 0 Å². The van der Waals surface area contributed by atoms with Crippen LogP contribution in [0, 0.1) is 0 Å². The van der Waals surface area contributed by atoms with Gasteiger partial charge in [0.25, 0.3) is 6.47 Å². The topological polar surface area (TPSA) is 65.5 Å². The Balaban J connectivity index is 2.32. The van der Waals surface area contributed by atoms with E-state index in [1.807, 2.05) is 0 Å². The molecule has 0 saturated carbocycles. The fraction of sp³-hybridized carbons (Fsp3) is 0.222. The van der Waals surface area contributed by atoms with E-state index < -0.39 is 5.97 Å². The second-order valence-corrected chi connectivity index (χ2v) is 2.34. The number of rotatable bonds is 5. The average Bonchev–Trinajstić information content (AvgIpc) is 2.25. The molecule has 0 aliphatic heterocycles. The van der Waals surface area contributed by atoms with Gasteiger partial charge in [-0.25, -0.2) is 4.79 Å². The molecule has 0 unspecified atom stereocenters. The number of esters is 1. The Morgan fingerprint density at radius 2 is 2.36 bits per heavy atom. The first kappa shape index (κ1) is 10.2. The van der Waals surface area contributed by atoms with Gasteiger partial charge in [-0.1, -0.05) is 0 Å². The summed E-state index contributed by atoms with van der Waals surface area (Å²) in [4.78, 5) is 24.7. The van der Waals surface area contributed by atoms with Crippen LogP contribution in [0.5, 0.6) is 0 Å². The quantitative estimate of drug-likeness (QED) is 0.387. The number of pyridine rings is 1. The summed E-state index contributed by atoms with van der Waals surface area (Å²) >= 11 is 0. The fourth-order valence-electron chi connectivity index (χ4n) is 0.797. The van der Waals surface area contributed by atoms with Crippen LogP contribution in [-0.4, -0.2) is 30.6 Å². The molecular formula is C9H9NO4. The maximum atomic E-state index is 11.2. The minimum Gasteiger partial charge on any atom is -0.464 e.